The number of rotatable bonds is 13. The highest BCUT2D eigenvalue weighted by molar-refractivity contribution is 8.93. The van der Waals surface area contributed by atoms with Crippen LogP contribution in [0.3, 0.4) is 0 Å². The van der Waals surface area contributed by atoms with Gasteiger partial charge in [0, 0.05) is 36.5 Å². The Hall–Kier alpha value is -1.09. The van der Waals surface area contributed by atoms with Gasteiger partial charge in [-0.1, -0.05) is 25.8 Å². The van der Waals surface area contributed by atoms with Gasteiger partial charge in [-0.05, 0) is 69.8 Å². The van der Waals surface area contributed by atoms with Gasteiger partial charge in [-0.2, -0.15) is 0 Å². The summed E-state index contributed by atoms with van der Waals surface area (Å²) in [6.07, 6.45) is 13.7. The first kappa shape index (κ1) is 28.9. The van der Waals surface area contributed by atoms with Gasteiger partial charge in [0.1, 0.15) is 0 Å². The number of unbranched alkanes of at least 4 members (excludes halogenated alkanes) is 3. The van der Waals surface area contributed by atoms with E-state index in [1.807, 2.05) is 12.3 Å². The summed E-state index contributed by atoms with van der Waals surface area (Å²) in [6.45, 7) is 6.64. The molecule has 182 valence electrons. The Balaban J connectivity index is 0.00000256. The molecule has 0 fully saturated rings. The van der Waals surface area contributed by atoms with Crippen molar-refractivity contribution >= 4 is 34.0 Å². The van der Waals surface area contributed by atoms with Crippen molar-refractivity contribution in [2.45, 2.75) is 70.8 Å². The quantitative estimate of drug-likeness (QED) is 0.201. The van der Waals surface area contributed by atoms with Crippen LogP contribution < -0.4 is 5.32 Å². The summed E-state index contributed by atoms with van der Waals surface area (Å²) in [6, 6.07) is 4.16. The van der Waals surface area contributed by atoms with Gasteiger partial charge in [-0.15, -0.1) is 34.0 Å². The van der Waals surface area contributed by atoms with Gasteiger partial charge in [-0.3, -0.25) is 0 Å². The molecule has 2 aromatic rings. The first-order valence-corrected chi connectivity index (χ1v) is 11.6. The molecule has 32 heavy (non-hydrogen) atoms. The molecule has 4 N–H and O–H groups in total. The minimum Gasteiger partial charge on any atom is -0.504 e. The predicted octanol–water partition coefficient (Wildman–Crippen LogP) is 4.94. The Labute approximate surface area is 213 Å². The van der Waals surface area contributed by atoms with Gasteiger partial charge in [0.2, 0.25) is 0 Å². The molecule has 1 heterocycles. The lowest BCUT2D eigenvalue weighted by atomic mass is 9.86. The molecule has 0 bridgehead atoms. The van der Waals surface area contributed by atoms with Crippen LogP contribution in [0.15, 0.2) is 24.7 Å². The predicted molar refractivity (Wildman–Crippen MR) is 142 cm³/mol. The molecule has 1 aliphatic carbocycles. The van der Waals surface area contributed by atoms with Crippen molar-refractivity contribution in [3.05, 3.63) is 41.5 Å². The molecular formula is C24H40Br2N4O2. The van der Waals surface area contributed by atoms with Crippen molar-refractivity contribution in [2.24, 2.45) is 0 Å². The van der Waals surface area contributed by atoms with Crippen LogP contribution >= 0.6 is 34.0 Å². The number of phenols is 2. The molecule has 0 radical (unpaired) electrons. The average molecular weight is 576 g/mol. The highest BCUT2D eigenvalue weighted by Gasteiger charge is 2.26. The third-order valence-electron chi connectivity index (χ3n) is 6.24. The van der Waals surface area contributed by atoms with Crippen LogP contribution in [0.25, 0.3) is 0 Å². The first-order chi connectivity index (χ1) is 14.7. The molecule has 0 aliphatic heterocycles. The molecule has 0 amide bonds. The van der Waals surface area contributed by atoms with Crippen LogP contribution in [0.1, 0.15) is 62.3 Å². The lowest BCUT2D eigenvalue weighted by molar-refractivity contribution is 0.175. The lowest BCUT2D eigenvalue weighted by Gasteiger charge is -2.35. The molecular weight excluding hydrogens is 536 g/mol. The van der Waals surface area contributed by atoms with Gasteiger partial charge in [0.15, 0.2) is 11.5 Å². The van der Waals surface area contributed by atoms with Crippen molar-refractivity contribution in [1.29, 1.82) is 0 Å². The second kappa shape index (κ2) is 15.7. The molecule has 1 atom stereocenters. The van der Waals surface area contributed by atoms with Crippen molar-refractivity contribution in [3.63, 3.8) is 0 Å². The number of nitrogens with zero attached hydrogens (tertiary/aromatic N) is 2. The Morgan fingerprint density at radius 3 is 2.66 bits per heavy atom. The number of hydrogen-bond donors (Lipinski definition) is 4. The fraction of sp³-hybridized carbons (Fsp3) is 0.625. The molecule has 1 aromatic heterocycles. The Bertz CT molecular complexity index is 759. The molecule has 0 saturated heterocycles. The van der Waals surface area contributed by atoms with E-state index in [2.05, 4.69) is 27.1 Å². The monoisotopic (exact) mass is 574 g/mol. The van der Waals surface area contributed by atoms with E-state index in [1.165, 1.54) is 43.4 Å². The highest BCUT2D eigenvalue weighted by atomic mass is 79.9. The summed E-state index contributed by atoms with van der Waals surface area (Å²) < 4.78 is 0. The zero-order valence-corrected chi connectivity index (χ0v) is 22.6. The van der Waals surface area contributed by atoms with Gasteiger partial charge >= 0.3 is 0 Å². The molecule has 1 aliphatic rings. The van der Waals surface area contributed by atoms with Crippen LogP contribution in [0, 0.1) is 0 Å². The van der Waals surface area contributed by atoms with Crippen LogP contribution in [-0.4, -0.2) is 57.3 Å². The third kappa shape index (κ3) is 8.69. The Kier molecular flexibility index (Phi) is 14.2. The molecule has 8 heteroatoms. The van der Waals surface area contributed by atoms with Gasteiger partial charge in [-0.25, -0.2) is 4.98 Å². The summed E-state index contributed by atoms with van der Waals surface area (Å²) in [4.78, 5) is 9.83. The zero-order chi connectivity index (χ0) is 21.2. The molecule has 0 unspecified atom stereocenters. The van der Waals surface area contributed by atoms with Crippen LogP contribution in [0.4, 0.5) is 0 Å². The summed E-state index contributed by atoms with van der Waals surface area (Å²) in [5.74, 6) is 0.0968. The molecule has 3 rings (SSSR count). The maximum atomic E-state index is 10.1. The van der Waals surface area contributed by atoms with Crippen LogP contribution in [-0.2, 0) is 19.3 Å². The van der Waals surface area contributed by atoms with Crippen LogP contribution in [0.5, 0.6) is 11.5 Å². The standard InChI is InChI=1S/C24H38N4O2.2BrH/c1-2-14-28(21-8-9-22-19(16-21)7-10-23(29)24(22)30)15-6-4-3-5-12-25-13-11-20-17-26-18-27-20;;/h7,10,17-18,21,25,29-30H,2-6,8-9,11-16H2,1H3,(H,26,27);2*1H/t21-;;/m0../s1. The summed E-state index contributed by atoms with van der Waals surface area (Å²) in [7, 11) is 0. The second-order valence-electron chi connectivity index (χ2n) is 8.49. The minimum atomic E-state index is 0. The van der Waals surface area contributed by atoms with E-state index < -0.39 is 0 Å². The van der Waals surface area contributed by atoms with E-state index in [0.717, 1.165) is 57.4 Å². The number of phenolic OH excluding ortho intramolecular Hbond substituents is 2. The number of nitrogens with one attached hydrogen (secondary N) is 2. The summed E-state index contributed by atoms with van der Waals surface area (Å²) in [5, 5.41) is 23.4. The normalized spacial score (nSPS) is 15.1. The summed E-state index contributed by atoms with van der Waals surface area (Å²) >= 11 is 0. The van der Waals surface area contributed by atoms with Crippen molar-refractivity contribution in [2.75, 3.05) is 26.2 Å². The van der Waals surface area contributed by atoms with Crippen molar-refractivity contribution in [1.82, 2.24) is 20.2 Å². The van der Waals surface area contributed by atoms with Crippen molar-refractivity contribution in [3.8, 4) is 11.5 Å². The molecule has 0 spiro atoms. The van der Waals surface area contributed by atoms with E-state index in [-0.39, 0.29) is 45.5 Å². The Morgan fingerprint density at radius 2 is 1.91 bits per heavy atom. The first-order valence-electron chi connectivity index (χ1n) is 11.6. The van der Waals surface area contributed by atoms with Crippen molar-refractivity contribution < 1.29 is 10.2 Å². The SMILES string of the molecule is Br.Br.CCCN(CCCCCCNCCc1cnc[nH]1)[C@H]1CCc2c(ccc(O)c2O)C1. The van der Waals surface area contributed by atoms with Crippen LogP contribution in [0.2, 0.25) is 0 Å². The van der Waals surface area contributed by atoms with E-state index >= 15 is 0 Å². The zero-order valence-electron chi connectivity index (χ0n) is 19.2. The number of H-pyrrole nitrogens is 1. The Morgan fingerprint density at radius 1 is 1.09 bits per heavy atom. The number of aromatic hydroxyl groups is 2. The topological polar surface area (TPSA) is 84.4 Å². The molecule has 0 saturated carbocycles. The maximum absolute atomic E-state index is 10.1. The number of fused-ring (bicyclic) bond motifs is 1. The van der Waals surface area contributed by atoms with E-state index in [9.17, 15) is 10.2 Å². The largest absolute Gasteiger partial charge is 0.504 e. The van der Waals surface area contributed by atoms with E-state index in [1.54, 1.807) is 12.4 Å². The lowest BCUT2D eigenvalue weighted by Crippen LogP contribution is -2.40. The van der Waals surface area contributed by atoms with E-state index in [4.69, 9.17) is 0 Å². The van der Waals surface area contributed by atoms with E-state index in [0.29, 0.717) is 6.04 Å². The minimum absolute atomic E-state index is 0. The number of hydrogen-bond acceptors (Lipinski definition) is 5. The number of halogens is 2. The number of benzene rings is 1. The second-order valence-corrected chi connectivity index (χ2v) is 8.49. The van der Waals surface area contributed by atoms with Gasteiger partial charge in [0.05, 0.1) is 6.33 Å². The number of aromatic nitrogens is 2. The maximum Gasteiger partial charge on any atom is 0.160 e. The van der Waals surface area contributed by atoms with Gasteiger partial charge in [0.25, 0.3) is 0 Å². The molecule has 6 nitrogen and oxygen atoms in total. The number of aromatic amines is 1. The summed E-state index contributed by atoms with van der Waals surface area (Å²) in [5.41, 5.74) is 3.34. The smallest absolute Gasteiger partial charge is 0.160 e. The molecule has 1 aromatic carbocycles. The average Bonchev–Trinajstić information content (AvgIpc) is 3.28. The fourth-order valence-corrected chi connectivity index (χ4v) is 4.57. The highest BCUT2D eigenvalue weighted by Crippen LogP contribution is 2.36. The number of imidazole rings is 1. The fourth-order valence-electron chi connectivity index (χ4n) is 4.57. The van der Waals surface area contributed by atoms with Gasteiger partial charge < -0.3 is 25.4 Å². The third-order valence-corrected chi connectivity index (χ3v) is 6.24.